The van der Waals surface area contributed by atoms with E-state index < -0.39 is 5.41 Å². The van der Waals surface area contributed by atoms with E-state index in [2.05, 4.69) is 0 Å². The number of hydrogen-bond acceptors (Lipinski definition) is 4. The summed E-state index contributed by atoms with van der Waals surface area (Å²) in [6.07, 6.45) is 5.33. The van der Waals surface area contributed by atoms with Crippen LogP contribution in [0.25, 0.3) is 0 Å². The molecule has 2 rings (SSSR count). The molecule has 0 aromatic heterocycles. The molecule has 0 N–H and O–H groups in total. The molecule has 1 aliphatic heterocycles. The minimum Gasteiger partial charge on any atom is -0.462 e. The van der Waals surface area contributed by atoms with Crippen LogP contribution < -0.4 is 0 Å². The Hall–Kier alpha value is -1.71. The maximum atomic E-state index is 11.8. The van der Waals surface area contributed by atoms with Crippen molar-refractivity contribution in [1.82, 2.24) is 0 Å². The summed E-state index contributed by atoms with van der Waals surface area (Å²) in [5.74, 6) is -0.0843. The van der Waals surface area contributed by atoms with Crippen LogP contribution in [0.2, 0.25) is 0 Å². The molecule has 1 heterocycles. The number of ether oxygens (including phenoxy) is 1. The standard InChI is InChI=1S/C17H22O4/c1-11(2)6-14(19)7-12(3)8-17-9-13(18)4-5-15(17)21-16(20)10-17/h6-7,15H,4-5,8-10H2,1-3H3/b12-7+/t15-,17+/m1/s1. The molecule has 0 aromatic rings. The van der Waals surface area contributed by atoms with Crippen LogP contribution in [0.15, 0.2) is 23.3 Å². The molecule has 0 spiro atoms. The molecular formula is C17H22O4. The van der Waals surface area contributed by atoms with Gasteiger partial charge in [-0.3, -0.25) is 14.4 Å². The first-order valence-electron chi connectivity index (χ1n) is 7.38. The first-order chi connectivity index (χ1) is 9.80. The van der Waals surface area contributed by atoms with Gasteiger partial charge in [0.2, 0.25) is 0 Å². The summed E-state index contributed by atoms with van der Waals surface area (Å²) >= 11 is 0. The molecule has 4 heteroatoms. The molecule has 2 aliphatic rings. The minimum absolute atomic E-state index is 0.0483. The van der Waals surface area contributed by atoms with Crippen molar-refractivity contribution in [2.24, 2.45) is 5.41 Å². The summed E-state index contributed by atoms with van der Waals surface area (Å²) in [6.45, 7) is 5.63. The van der Waals surface area contributed by atoms with Crippen LogP contribution in [0.5, 0.6) is 0 Å². The quantitative estimate of drug-likeness (QED) is 0.590. The van der Waals surface area contributed by atoms with Gasteiger partial charge >= 0.3 is 5.97 Å². The number of carbonyl (C=O) groups is 3. The monoisotopic (exact) mass is 290 g/mol. The Labute approximate surface area is 125 Å². The van der Waals surface area contributed by atoms with E-state index in [4.69, 9.17) is 4.74 Å². The molecule has 2 fully saturated rings. The van der Waals surface area contributed by atoms with E-state index in [0.29, 0.717) is 25.7 Å². The Bertz CT molecular complexity index is 535. The minimum atomic E-state index is -0.432. The molecule has 114 valence electrons. The summed E-state index contributed by atoms with van der Waals surface area (Å²) < 4.78 is 5.37. The SMILES string of the molecule is CC(C)=CC(=O)/C=C(\C)C[C@@]12CC(=O)CC[C@H]1OC(=O)C2. The highest BCUT2D eigenvalue weighted by atomic mass is 16.6. The first kappa shape index (κ1) is 15.7. The second kappa shape index (κ2) is 5.96. The number of fused-ring (bicyclic) bond motifs is 1. The number of rotatable bonds is 4. The summed E-state index contributed by atoms with van der Waals surface area (Å²) in [4.78, 5) is 35.3. The molecular weight excluding hydrogens is 268 g/mol. The highest BCUT2D eigenvalue weighted by Gasteiger charge is 2.52. The smallest absolute Gasteiger partial charge is 0.306 e. The number of allylic oxidation sites excluding steroid dienone is 4. The van der Waals surface area contributed by atoms with Crippen molar-refractivity contribution in [3.63, 3.8) is 0 Å². The number of carbonyl (C=O) groups excluding carboxylic acids is 3. The molecule has 21 heavy (non-hydrogen) atoms. The largest absolute Gasteiger partial charge is 0.462 e. The van der Waals surface area contributed by atoms with Gasteiger partial charge in [-0.15, -0.1) is 0 Å². The van der Waals surface area contributed by atoms with E-state index in [9.17, 15) is 14.4 Å². The van der Waals surface area contributed by atoms with Crippen molar-refractivity contribution in [2.45, 2.75) is 59.0 Å². The third-order valence-corrected chi connectivity index (χ3v) is 4.14. The topological polar surface area (TPSA) is 60.4 Å². The predicted molar refractivity (Wildman–Crippen MR) is 78.6 cm³/mol. The van der Waals surface area contributed by atoms with Gasteiger partial charge in [0.15, 0.2) is 5.78 Å². The molecule has 4 nitrogen and oxygen atoms in total. The fourth-order valence-electron chi connectivity index (χ4n) is 3.46. The molecule has 1 aliphatic carbocycles. The van der Waals surface area contributed by atoms with Gasteiger partial charge in [-0.1, -0.05) is 11.1 Å². The lowest BCUT2D eigenvalue weighted by Crippen LogP contribution is -2.38. The molecule has 1 saturated carbocycles. The van der Waals surface area contributed by atoms with Crippen molar-refractivity contribution < 1.29 is 19.1 Å². The van der Waals surface area contributed by atoms with Crippen molar-refractivity contribution in [2.75, 3.05) is 0 Å². The van der Waals surface area contributed by atoms with Crippen molar-refractivity contribution in [3.05, 3.63) is 23.3 Å². The Morgan fingerprint density at radius 3 is 2.62 bits per heavy atom. The maximum Gasteiger partial charge on any atom is 0.306 e. The fourth-order valence-corrected chi connectivity index (χ4v) is 3.46. The number of esters is 1. The highest BCUT2D eigenvalue weighted by Crippen LogP contribution is 2.48. The van der Waals surface area contributed by atoms with Crippen LogP contribution >= 0.6 is 0 Å². The van der Waals surface area contributed by atoms with Crippen molar-refractivity contribution >= 4 is 17.5 Å². The summed E-state index contributed by atoms with van der Waals surface area (Å²) in [5, 5.41) is 0. The van der Waals surface area contributed by atoms with E-state index in [1.54, 1.807) is 12.2 Å². The number of hydrogen-bond donors (Lipinski definition) is 0. The molecule has 2 atom stereocenters. The maximum absolute atomic E-state index is 11.8. The van der Waals surface area contributed by atoms with Crippen LogP contribution in [0.4, 0.5) is 0 Å². The van der Waals surface area contributed by atoms with E-state index in [1.165, 1.54) is 0 Å². The van der Waals surface area contributed by atoms with E-state index in [-0.39, 0.29) is 30.1 Å². The van der Waals surface area contributed by atoms with Gasteiger partial charge in [0.05, 0.1) is 6.42 Å². The lowest BCUT2D eigenvalue weighted by Gasteiger charge is -2.36. The first-order valence-corrected chi connectivity index (χ1v) is 7.38. The van der Waals surface area contributed by atoms with Gasteiger partial charge in [0.1, 0.15) is 11.9 Å². The van der Waals surface area contributed by atoms with Gasteiger partial charge in [-0.25, -0.2) is 0 Å². The van der Waals surface area contributed by atoms with Gasteiger partial charge in [-0.2, -0.15) is 0 Å². The average Bonchev–Trinajstić information content (AvgIpc) is 2.61. The van der Waals surface area contributed by atoms with Gasteiger partial charge in [-0.05, 0) is 45.8 Å². The highest BCUT2D eigenvalue weighted by molar-refractivity contribution is 6.00. The second-order valence-corrected chi connectivity index (χ2v) is 6.56. The normalized spacial score (nSPS) is 28.9. The van der Waals surface area contributed by atoms with E-state index in [0.717, 1.165) is 11.1 Å². The Morgan fingerprint density at radius 1 is 1.24 bits per heavy atom. The van der Waals surface area contributed by atoms with Crippen LogP contribution in [0.1, 0.15) is 52.9 Å². The summed E-state index contributed by atoms with van der Waals surface area (Å²) in [6, 6.07) is 0. The van der Waals surface area contributed by atoms with Crippen LogP contribution in [-0.4, -0.2) is 23.6 Å². The van der Waals surface area contributed by atoms with E-state index >= 15 is 0 Å². The molecule has 0 amide bonds. The lowest BCUT2D eigenvalue weighted by atomic mass is 9.67. The summed E-state index contributed by atoms with van der Waals surface area (Å²) in [7, 11) is 0. The van der Waals surface area contributed by atoms with E-state index in [1.807, 2.05) is 20.8 Å². The Kier molecular flexibility index (Phi) is 4.45. The lowest BCUT2D eigenvalue weighted by molar-refractivity contribution is -0.144. The zero-order chi connectivity index (χ0) is 15.6. The third kappa shape index (κ3) is 3.69. The number of ketones is 2. The zero-order valence-electron chi connectivity index (χ0n) is 12.9. The fraction of sp³-hybridized carbons (Fsp3) is 0.588. The average molecular weight is 290 g/mol. The predicted octanol–water partition coefficient (Wildman–Crippen LogP) is 2.91. The summed E-state index contributed by atoms with van der Waals surface area (Å²) in [5.41, 5.74) is 1.42. The molecule has 0 unspecified atom stereocenters. The number of Topliss-reactive ketones (excluding diaryl/α,β-unsaturated/α-hetero) is 1. The van der Waals surface area contributed by atoms with Crippen LogP contribution in [0, 0.1) is 5.41 Å². The molecule has 0 aromatic carbocycles. The molecule has 0 radical (unpaired) electrons. The van der Waals surface area contributed by atoms with Crippen LogP contribution in [-0.2, 0) is 19.1 Å². The molecule has 0 bridgehead atoms. The van der Waals surface area contributed by atoms with Gasteiger partial charge in [0.25, 0.3) is 0 Å². The van der Waals surface area contributed by atoms with Crippen molar-refractivity contribution in [3.8, 4) is 0 Å². The van der Waals surface area contributed by atoms with Crippen LogP contribution in [0.3, 0.4) is 0 Å². The van der Waals surface area contributed by atoms with Crippen molar-refractivity contribution in [1.29, 1.82) is 0 Å². The third-order valence-electron chi connectivity index (χ3n) is 4.14. The molecule has 1 saturated heterocycles. The second-order valence-electron chi connectivity index (χ2n) is 6.56. The Morgan fingerprint density at radius 2 is 1.95 bits per heavy atom. The van der Waals surface area contributed by atoms with Gasteiger partial charge < -0.3 is 4.74 Å². The zero-order valence-corrected chi connectivity index (χ0v) is 12.9. The Balaban J connectivity index is 2.16. The van der Waals surface area contributed by atoms with Gasteiger partial charge in [0, 0.05) is 18.3 Å².